The van der Waals surface area contributed by atoms with Gasteiger partial charge in [-0.15, -0.1) is 0 Å². The molecule has 1 atom stereocenters. The van der Waals surface area contributed by atoms with Crippen LogP contribution in [0, 0.1) is 0 Å². The quantitative estimate of drug-likeness (QED) is 0.804. The predicted octanol–water partition coefficient (Wildman–Crippen LogP) is 1.53. The van der Waals surface area contributed by atoms with Gasteiger partial charge in [-0.1, -0.05) is 0 Å². The van der Waals surface area contributed by atoms with Gasteiger partial charge in [0.15, 0.2) is 12.3 Å². The lowest BCUT2D eigenvalue weighted by atomic mass is 10.1. The summed E-state index contributed by atoms with van der Waals surface area (Å²) in [5.74, 6) is 0.197. The Morgan fingerprint density at radius 2 is 2.07 bits per heavy atom. The third-order valence-corrected chi connectivity index (χ3v) is 4.46. The number of hydrogen-bond donors (Lipinski definition) is 2. The van der Waals surface area contributed by atoms with Gasteiger partial charge in [0.2, 0.25) is 0 Å². The van der Waals surface area contributed by atoms with Crippen LogP contribution in [0.4, 0.5) is 5.69 Å². The fourth-order valence-electron chi connectivity index (χ4n) is 2.83. The smallest absolute Gasteiger partial charge is 0.276 e. The number of amides is 2. The molecule has 8 heteroatoms. The van der Waals surface area contributed by atoms with Crippen molar-refractivity contribution in [3.05, 3.63) is 42.2 Å². The van der Waals surface area contributed by atoms with Crippen LogP contribution < -0.4 is 15.4 Å². The first-order valence-electron chi connectivity index (χ1n) is 9.03. The molecule has 2 amide bonds. The molecule has 0 radical (unpaired) electrons. The van der Waals surface area contributed by atoms with Gasteiger partial charge in [0, 0.05) is 32.5 Å². The first kappa shape index (κ1) is 18.9. The molecule has 144 valence electrons. The molecule has 1 unspecified atom stereocenters. The summed E-state index contributed by atoms with van der Waals surface area (Å²) in [6.07, 6.45) is 4.03. The van der Waals surface area contributed by atoms with Crippen molar-refractivity contribution in [2.45, 2.75) is 18.9 Å². The lowest BCUT2D eigenvalue weighted by Gasteiger charge is -2.22. The maximum absolute atomic E-state index is 12.4. The number of ether oxygens (including phenoxy) is 1. The van der Waals surface area contributed by atoms with Crippen LogP contribution in [0.1, 0.15) is 29.4 Å². The third kappa shape index (κ3) is 5.07. The molecule has 1 aliphatic rings. The molecule has 27 heavy (non-hydrogen) atoms. The third-order valence-electron chi connectivity index (χ3n) is 4.46. The minimum Gasteiger partial charge on any atom is -0.484 e. The fraction of sp³-hybridized carbons (Fsp3) is 0.421. The van der Waals surface area contributed by atoms with Crippen LogP contribution in [0.15, 0.2) is 36.5 Å². The lowest BCUT2D eigenvalue weighted by Crippen LogP contribution is -2.32. The zero-order valence-electron chi connectivity index (χ0n) is 15.6. The zero-order chi connectivity index (χ0) is 19.2. The average molecular weight is 371 g/mol. The van der Waals surface area contributed by atoms with E-state index >= 15 is 0 Å². The van der Waals surface area contributed by atoms with Crippen molar-refractivity contribution in [1.29, 1.82) is 0 Å². The molecular formula is C19H25N5O3. The molecule has 1 aromatic heterocycles. The summed E-state index contributed by atoms with van der Waals surface area (Å²) in [4.78, 5) is 25.4. The highest BCUT2D eigenvalue weighted by atomic mass is 16.5. The van der Waals surface area contributed by atoms with Gasteiger partial charge in [0.1, 0.15) is 5.75 Å². The highest BCUT2D eigenvalue weighted by Crippen LogP contribution is 2.18. The molecule has 2 heterocycles. The Morgan fingerprint density at radius 1 is 1.30 bits per heavy atom. The van der Waals surface area contributed by atoms with E-state index in [-0.39, 0.29) is 18.4 Å². The van der Waals surface area contributed by atoms with E-state index in [0.29, 0.717) is 23.2 Å². The van der Waals surface area contributed by atoms with E-state index in [1.165, 1.54) is 4.90 Å². The van der Waals surface area contributed by atoms with Crippen LogP contribution >= 0.6 is 0 Å². The van der Waals surface area contributed by atoms with Crippen molar-refractivity contribution in [3.63, 3.8) is 0 Å². The van der Waals surface area contributed by atoms with E-state index in [1.54, 1.807) is 44.4 Å². The van der Waals surface area contributed by atoms with E-state index in [9.17, 15) is 9.59 Å². The molecule has 0 spiro atoms. The monoisotopic (exact) mass is 371 g/mol. The highest BCUT2D eigenvalue weighted by Gasteiger charge is 2.17. The van der Waals surface area contributed by atoms with Gasteiger partial charge in [-0.2, -0.15) is 5.10 Å². The molecule has 1 aromatic carbocycles. The number of nitrogens with one attached hydrogen (secondary N) is 2. The van der Waals surface area contributed by atoms with E-state index in [1.807, 2.05) is 10.9 Å². The van der Waals surface area contributed by atoms with Crippen LogP contribution in [-0.4, -0.2) is 60.3 Å². The Hall–Kier alpha value is -2.87. The van der Waals surface area contributed by atoms with Crippen LogP contribution in [0.3, 0.4) is 0 Å². The maximum Gasteiger partial charge on any atom is 0.276 e. The van der Waals surface area contributed by atoms with E-state index in [4.69, 9.17) is 4.74 Å². The number of rotatable bonds is 6. The first-order chi connectivity index (χ1) is 13.0. The van der Waals surface area contributed by atoms with Gasteiger partial charge in [0.25, 0.3) is 11.8 Å². The summed E-state index contributed by atoms with van der Waals surface area (Å²) in [6, 6.07) is 8.91. The van der Waals surface area contributed by atoms with Crippen LogP contribution in [0.2, 0.25) is 0 Å². The summed E-state index contributed by atoms with van der Waals surface area (Å²) in [6.45, 7) is 1.89. The lowest BCUT2D eigenvalue weighted by molar-refractivity contribution is -0.130. The molecule has 2 aromatic rings. The van der Waals surface area contributed by atoms with Gasteiger partial charge >= 0.3 is 0 Å². The topological polar surface area (TPSA) is 88.5 Å². The number of anilines is 1. The second-order valence-corrected chi connectivity index (χ2v) is 6.74. The highest BCUT2D eigenvalue weighted by molar-refractivity contribution is 6.02. The summed E-state index contributed by atoms with van der Waals surface area (Å²) in [5, 5.41) is 10.6. The van der Waals surface area contributed by atoms with Crippen LogP contribution in [-0.2, 0) is 4.79 Å². The number of carbonyl (C=O) groups excluding carboxylic acids is 2. The summed E-state index contributed by atoms with van der Waals surface area (Å²) < 4.78 is 7.28. The Kier molecular flexibility index (Phi) is 6.08. The van der Waals surface area contributed by atoms with Crippen molar-refractivity contribution in [2.24, 2.45) is 0 Å². The van der Waals surface area contributed by atoms with Crippen molar-refractivity contribution >= 4 is 17.5 Å². The van der Waals surface area contributed by atoms with Crippen molar-refractivity contribution in [1.82, 2.24) is 20.0 Å². The zero-order valence-corrected chi connectivity index (χ0v) is 15.6. The predicted molar refractivity (Wildman–Crippen MR) is 102 cm³/mol. The largest absolute Gasteiger partial charge is 0.484 e. The Labute approximate surface area is 158 Å². The van der Waals surface area contributed by atoms with Gasteiger partial charge < -0.3 is 20.3 Å². The standard InChI is InChI=1S/C19H25N5O3/c1-23(2)18(25)13-27-16-7-5-14(6-8-16)21-19(26)17-9-11-24(22-17)15-4-3-10-20-12-15/h5-9,11,15,20H,3-4,10,12-13H2,1-2H3,(H,21,26). The number of aromatic nitrogens is 2. The fourth-order valence-corrected chi connectivity index (χ4v) is 2.83. The van der Waals surface area contributed by atoms with E-state index < -0.39 is 0 Å². The molecule has 1 fully saturated rings. The van der Waals surface area contributed by atoms with Gasteiger partial charge in [-0.05, 0) is 49.7 Å². The molecule has 2 N–H and O–H groups in total. The molecular weight excluding hydrogens is 346 g/mol. The molecule has 0 bridgehead atoms. The SMILES string of the molecule is CN(C)C(=O)COc1ccc(NC(=O)c2ccn(C3CCCNC3)n2)cc1. The Morgan fingerprint density at radius 3 is 2.74 bits per heavy atom. The number of likely N-dealkylation sites (N-methyl/N-ethyl adjacent to an activating group) is 1. The number of hydrogen-bond acceptors (Lipinski definition) is 5. The number of piperidine rings is 1. The second kappa shape index (κ2) is 8.68. The number of benzene rings is 1. The van der Waals surface area contributed by atoms with Gasteiger partial charge in [-0.3, -0.25) is 14.3 Å². The molecule has 0 aliphatic carbocycles. The van der Waals surface area contributed by atoms with Gasteiger partial charge in [0.05, 0.1) is 6.04 Å². The first-order valence-corrected chi connectivity index (χ1v) is 9.03. The van der Waals surface area contributed by atoms with Gasteiger partial charge in [-0.25, -0.2) is 0 Å². The number of nitrogens with zero attached hydrogens (tertiary/aromatic N) is 3. The second-order valence-electron chi connectivity index (χ2n) is 6.74. The van der Waals surface area contributed by atoms with E-state index in [0.717, 1.165) is 25.9 Å². The van der Waals surface area contributed by atoms with Crippen molar-refractivity contribution in [3.8, 4) is 5.75 Å². The van der Waals surface area contributed by atoms with Crippen LogP contribution in [0.25, 0.3) is 0 Å². The van der Waals surface area contributed by atoms with E-state index in [2.05, 4.69) is 15.7 Å². The summed E-state index contributed by atoms with van der Waals surface area (Å²) in [7, 11) is 3.35. The summed E-state index contributed by atoms with van der Waals surface area (Å²) >= 11 is 0. The number of carbonyl (C=O) groups is 2. The molecule has 1 saturated heterocycles. The Balaban J connectivity index is 1.54. The molecule has 8 nitrogen and oxygen atoms in total. The average Bonchev–Trinajstić information content (AvgIpc) is 3.18. The van der Waals surface area contributed by atoms with Crippen LogP contribution in [0.5, 0.6) is 5.75 Å². The molecule has 1 aliphatic heterocycles. The Bertz CT molecular complexity index is 779. The van der Waals surface area contributed by atoms with Crippen molar-refractivity contribution in [2.75, 3.05) is 39.1 Å². The normalized spacial score (nSPS) is 16.6. The van der Waals surface area contributed by atoms with Crippen molar-refractivity contribution < 1.29 is 14.3 Å². The maximum atomic E-state index is 12.4. The minimum absolute atomic E-state index is 0.0217. The summed E-state index contributed by atoms with van der Waals surface area (Å²) in [5.41, 5.74) is 1.03. The molecule has 3 rings (SSSR count). The molecule has 0 saturated carbocycles. The minimum atomic E-state index is -0.256.